The number of carboxylic acid groups (broad SMARTS) is 4. The van der Waals surface area contributed by atoms with Gasteiger partial charge in [-0.15, -0.1) is 0 Å². The Labute approximate surface area is 235 Å². The fourth-order valence-corrected chi connectivity index (χ4v) is 4.90. The minimum Gasteiger partial charge on any atom is -0.480 e. The summed E-state index contributed by atoms with van der Waals surface area (Å²) in [6, 6.07) is 11.1. The van der Waals surface area contributed by atoms with Gasteiger partial charge in [0.2, 0.25) is 0 Å². The molecule has 0 aliphatic heterocycles. The van der Waals surface area contributed by atoms with Gasteiger partial charge in [0.15, 0.2) is 11.6 Å². The van der Waals surface area contributed by atoms with Gasteiger partial charge in [0.25, 0.3) is 0 Å². The molecule has 0 fully saturated rings. The average Bonchev–Trinajstić information content (AvgIpc) is 2.89. The molecule has 0 amide bonds. The molecule has 2 aromatic carbocycles. The number of fused-ring (bicyclic) bond motifs is 2. The molecule has 0 spiro atoms. The van der Waals surface area contributed by atoms with Crippen LogP contribution in [0.15, 0.2) is 42.5 Å². The molecule has 0 radical (unpaired) electrons. The van der Waals surface area contributed by atoms with Crippen LogP contribution in [0.25, 0.3) is 0 Å². The quantitative estimate of drug-likeness (QED) is 0.180. The molecule has 2 aromatic rings. The third-order valence-corrected chi connectivity index (χ3v) is 6.52. The topological polar surface area (TPSA) is 193 Å². The molecule has 3 rings (SSSR count). The number of carbonyl (C=O) groups excluding carboxylic acids is 2. The maximum Gasteiger partial charge on any atom is 0.323 e. The zero-order valence-corrected chi connectivity index (χ0v) is 22.2. The van der Waals surface area contributed by atoms with E-state index in [-0.39, 0.29) is 66.5 Å². The predicted molar refractivity (Wildman–Crippen MR) is 145 cm³/mol. The molecule has 0 aromatic heterocycles. The van der Waals surface area contributed by atoms with E-state index in [0.717, 1.165) is 0 Å². The van der Waals surface area contributed by atoms with Gasteiger partial charge in [-0.05, 0) is 25.5 Å². The van der Waals surface area contributed by atoms with Gasteiger partial charge in [-0.1, -0.05) is 36.4 Å². The van der Waals surface area contributed by atoms with Crippen LogP contribution in [0.1, 0.15) is 44.7 Å². The Hall–Kier alpha value is -4.62. The second-order valence-electron chi connectivity index (χ2n) is 9.59. The first-order valence-electron chi connectivity index (χ1n) is 12.9. The highest BCUT2D eigenvalue weighted by atomic mass is 16.4. The summed E-state index contributed by atoms with van der Waals surface area (Å²) >= 11 is 0. The Morgan fingerprint density at radius 3 is 1.56 bits per heavy atom. The van der Waals surface area contributed by atoms with Crippen LogP contribution in [0.4, 0.5) is 5.69 Å². The molecule has 13 nitrogen and oxygen atoms in total. The SMILES string of the molecule is O=C(O)CN(CCCN(CC(=O)O)CC(=O)O)CCCN(CC(=O)O)c1cccc2c1C(=O)c1ccccc1C2=O. The fraction of sp³-hybridized carbons (Fsp3) is 0.357. The van der Waals surface area contributed by atoms with Crippen molar-refractivity contribution in [1.29, 1.82) is 0 Å². The highest BCUT2D eigenvalue weighted by molar-refractivity contribution is 6.30. The molecule has 1 aliphatic rings. The highest BCUT2D eigenvalue weighted by Crippen LogP contribution is 2.33. The first-order chi connectivity index (χ1) is 19.5. The van der Waals surface area contributed by atoms with Crippen molar-refractivity contribution in [2.24, 2.45) is 0 Å². The van der Waals surface area contributed by atoms with Gasteiger partial charge in [-0.25, -0.2) is 0 Å². The molecule has 0 heterocycles. The van der Waals surface area contributed by atoms with Crippen molar-refractivity contribution >= 4 is 41.1 Å². The van der Waals surface area contributed by atoms with Crippen LogP contribution in [0.5, 0.6) is 0 Å². The van der Waals surface area contributed by atoms with E-state index in [2.05, 4.69) is 0 Å². The molecule has 13 heteroatoms. The molecule has 0 saturated heterocycles. The Kier molecular flexibility index (Phi) is 10.7. The maximum absolute atomic E-state index is 13.4. The van der Waals surface area contributed by atoms with Gasteiger partial charge >= 0.3 is 23.9 Å². The molecule has 0 saturated carbocycles. The number of hydrogen-bond donors (Lipinski definition) is 4. The van der Waals surface area contributed by atoms with Crippen LogP contribution in [0.3, 0.4) is 0 Å². The minimum atomic E-state index is -1.18. The van der Waals surface area contributed by atoms with Gasteiger partial charge in [0.05, 0.1) is 25.2 Å². The van der Waals surface area contributed by atoms with Crippen LogP contribution in [0.2, 0.25) is 0 Å². The lowest BCUT2D eigenvalue weighted by atomic mass is 9.83. The van der Waals surface area contributed by atoms with Crippen molar-refractivity contribution in [2.75, 3.05) is 57.3 Å². The zero-order valence-electron chi connectivity index (χ0n) is 22.2. The van der Waals surface area contributed by atoms with E-state index in [1.165, 1.54) is 15.9 Å². The second-order valence-corrected chi connectivity index (χ2v) is 9.59. The van der Waals surface area contributed by atoms with E-state index in [4.69, 9.17) is 10.2 Å². The number of ketones is 2. The molecule has 0 atom stereocenters. The van der Waals surface area contributed by atoms with E-state index in [9.17, 15) is 39.0 Å². The molecule has 1 aliphatic carbocycles. The Bertz CT molecular complexity index is 1330. The van der Waals surface area contributed by atoms with E-state index in [0.29, 0.717) is 18.5 Å². The summed E-state index contributed by atoms with van der Waals surface area (Å²) in [4.78, 5) is 76.0. The van der Waals surface area contributed by atoms with E-state index in [1.807, 2.05) is 0 Å². The van der Waals surface area contributed by atoms with Crippen LogP contribution in [-0.2, 0) is 19.2 Å². The van der Waals surface area contributed by atoms with Gasteiger partial charge in [-0.3, -0.25) is 38.6 Å². The Balaban J connectivity index is 1.73. The maximum atomic E-state index is 13.4. The van der Waals surface area contributed by atoms with Crippen molar-refractivity contribution in [2.45, 2.75) is 12.8 Å². The van der Waals surface area contributed by atoms with Crippen LogP contribution in [-0.4, -0.2) is 118 Å². The van der Waals surface area contributed by atoms with E-state index >= 15 is 0 Å². The number of hydrogen-bond acceptors (Lipinski definition) is 9. The molecular weight excluding hydrogens is 538 g/mol. The van der Waals surface area contributed by atoms with Crippen molar-refractivity contribution in [3.05, 3.63) is 64.7 Å². The minimum absolute atomic E-state index is 0.119. The summed E-state index contributed by atoms with van der Waals surface area (Å²) in [6.07, 6.45) is 0.603. The number of carboxylic acids is 4. The van der Waals surface area contributed by atoms with E-state index in [1.54, 1.807) is 41.3 Å². The summed E-state index contributed by atoms with van der Waals surface area (Å²) in [7, 11) is 0. The third kappa shape index (κ3) is 8.43. The number of nitrogens with zero attached hydrogens (tertiary/aromatic N) is 3. The summed E-state index contributed by atoms with van der Waals surface area (Å²) in [5, 5.41) is 36.9. The monoisotopic (exact) mass is 569 g/mol. The normalized spacial score (nSPS) is 12.2. The number of carbonyl (C=O) groups is 6. The predicted octanol–water partition coefficient (Wildman–Crippen LogP) is 0.991. The zero-order chi connectivity index (χ0) is 30.1. The van der Waals surface area contributed by atoms with Crippen molar-refractivity contribution < 1.29 is 49.2 Å². The Morgan fingerprint density at radius 1 is 0.537 bits per heavy atom. The molecule has 4 N–H and O–H groups in total. The van der Waals surface area contributed by atoms with Crippen molar-refractivity contribution in [1.82, 2.24) is 9.80 Å². The van der Waals surface area contributed by atoms with Gasteiger partial charge in [-0.2, -0.15) is 0 Å². The van der Waals surface area contributed by atoms with Crippen molar-refractivity contribution in [3.8, 4) is 0 Å². The molecule has 0 unspecified atom stereocenters. The lowest BCUT2D eigenvalue weighted by Gasteiger charge is -2.29. The smallest absolute Gasteiger partial charge is 0.323 e. The summed E-state index contributed by atoms with van der Waals surface area (Å²) < 4.78 is 0. The lowest BCUT2D eigenvalue weighted by molar-refractivity contribution is -0.142. The van der Waals surface area contributed by atoms with Gasteiger partial charge in [0, 0.05) is 42.0 Å². The molecule has 218 valence electrons. The van der Waals surface area contributed by atoms with Crippen LogP contribution >= 0.6 is 0 Å². The van der Waals surface area contributed by atoms with Crippen LogP contribution < -0.4 is 4.90 Å². The first kappa shape index (κ1) is 30.9. The van der Waals surface area contributed by atoms with Crippen LogP contribution in [0, 0.1) is 0 Å². The average molecular weight is 570 g/mol. The third-order valence-electron chi connectivity index (χ3n) is 6.52. The molecule has 41 heavy (non-hydrogen) atoms. The molecule has 0 bridgehead atoms. The van der Waals surface area contributed by atoms with E-state index < -0.39 is 43.5 Å². The Morgan fingerprint density at radius 2 is 1.00 bits per heavy atom. The van der Waals surface area contributed by atoms with Crippen molar-refractivity contribution in [3.63, 3.8) is 0 Å². The largest absolute Gasteiger partial charge is 0.480 e. The summed E-state index contributed by atoms with van der Waals surface area (Å²) in [5.41, 5.74) is 1.11. The summed E-state index contributed by atoms with van der Waals surface area (Å²) in [6.45, 7) is -1.03. The number of anilines is 1. The number of benzene rings is 2. The van der Waals surface area contributed by atoms with Gasteiger partial charge < -0.3 is 25.3 Å². The summed E-state index contributed by atoms with van der Waals surface area (Å²) in [5.74, 6) is -5.34. The number of aliphatic carboxylic acids is 4. The standard InChI is InChI=1S/C28H31N3O10/c32-22(33)14-29(10-4-12-30(15-23(34)35)16-24(36)37)11-5-13-31(17-25(38)39)21-9-3-8-20-26(21)28(41)19-7-2-1-6-18(19)27(20)40/h1-3,6-9H,4-5,10-17H2,(H,32,33)(H,34,35)(H,36,37)(H,38,39). The first-order valence-corrected chi connectivity index (χ1v) is 12.9. The lowest BCUT2D eigenvalue weighted by Crippen LogP contribution is -2.39. The second kappa shape index (κ2) is 14.1. The molecular formula is C28H31N3O10. The highest BCUT2D eigenvalue weighted by Gasteiger charge is 2.33. The van der Waals surface area contributed by atoms with Gasteiger partial charge in [0.1, 0.15) is 6.54 Å². The number of rotatable bonds is 17. The fourth-order valence-electron chi connectivity index (χ4n) is 4.90.